The average molecular weight is 185 g/mol. The van der Waals surface area contributed by atoms with E-state index in [0.717, 1.165) is 18.4 Å². The first-order valence-corrected chi connectivity index (χ1v) is 5.56. The Hall–Kier alpha value is -0.0800. The molecule has 1 atom stereocenters. The van der Waals surface area contributed by atoms with Crippen LogP contribution in [-0.4, -0.2) is 24.3 Å². The molecule has 0 bridgehead atoms. The van der Waals surface area contributed by atoms with Gasteiger partial charge in [-0.2, -0.15) is 0 Å². The molecule has 1 aliphatic rings. The van der Waals surface area contributed by atoms with Gasteiger partial charge in [-0.05, 0) is 51.0 Å². The minimum absolute atomic E-state index is 0.250. The van der Waals surface area contributed by atoms with Crippen molar-refractivity contribution < 1.29 is 5.11 Å². The highest BCUT2D eigenvalue weighted by Crippen LogP contribution is 2.35. The number of nitrogens with one attached hydrogen (secondary N) is 1. The molecule has 1 rings (SSSR count). The van der Waals surface area contributed by atoms with Crippen molar-refractivity contribution in [2.45, 2.75) is 45.6 Å². The van der Waals surface area contributed by atoms with Gasteiger partial charge in [0.1, 0.15) is 0 Å². The summed E-state index contributed by atoms with van der Waals surface area (Å²) in [5.74, 6) is 1.98. The van der Waals surface area contributed by atoms with Gasteiger partial charge in [-0.15, -0.1) is 0 Å². The van der Waals surface area contributed by atoms with Gasteiger partial charge in [-0.3, -0.25) is 0 Å². The van der Waals surface area contributed by atoms with E-state index in [2.05, 4.69) is 12.2 Å². The highest BCUT2D eigenvalue weighted by Gasteiger charge is 2.24. The zero-order valence-corrected chi connectivity index (χ0v) is 8.92. The van der Waals surface area contributed by atoms with E-state index in [9.17, 15) is 0 Å². The van der Waals surface area contributed by atoms with Crippen molar-refractivity contribution in [3.8, 4) is 0 Å². The van der Waals surface area contributed by atoms with E-state index >= 15 is 0 Å². The Labute approximate surface area is 81.7 Å². The van der Waals surface area contributed by atoms with Crippen LogP contribution < -0.4 is 5.32 Å². The number of aliphatic hydroxyl groups excluding tert-OH is 1. The standard InChI is InChI=1S/C11H23NO/c1-9-6-11(7-9)4-3-5-12-10(2)8-13/h9-13H,3-8H2,1-2H3. The molecule has 78 valence electrons. The smallest absolute Gasteiger partial charge is 0.0581 e. The van der Waals surface area contributed by atoms with Crippen molar-refractivity contribution in [2.24, 2.45) is 11.8 Å². The molecule has 2 heteroatoms. The molecular formula is C11H23NO. The third-order valence-electron chi connectivity index (χ3n) is 3.03. The van der Waals surface area contributed by atoms with Crippen LogP contribution in [0.4, 0.5) is 0 Å². The lowest BCUT2D eigenvalue weighted by atomic mass is 9.74. The molecule has 0 aromatic heterocycles. The molecule has 1 unspecified atom stereocenters. The van der Waals surface area contributed by atoms with Crippen LogP contribution in [0.1, 0.15) is 39.5 Å². The van der Waals surface area contributed by atoms with Gasteiger partial charge >= 0.3 is 0 Å². The van der Waals surface area contributed by atoms with Crippen molar-refractivity contribution in [2.75, 3.05) is 13.2 Å². The Morgan fingerprint density at radius 3 is 2.69 bits per heavy atom. The summed E-state index contributed by atoms with van der Waals surface area (Å²) in [4.78, 5) is 0. The fraction of sp³-hybridized carbons (Fsp3) is 1.00. The predicted molar refractivity (Wildman–Crippen MR) is 55.7 cm³/mol. The summed E-state index contributed by atoms with van der Waals surface area (Å²) in [5.41, 5.74) is 0. The van der Waals surface area contributed by atoms with Crippen molar-refractivity contribution >= 4 is 0 Å². The van der Waals surface area contributed by atoms with Crippen LogP contribution in [-0.2, 0) is 0 Å². The van der Waals surface area contributed by atoms with Crippen LogP contribution in [0.15, 0.2) is 0 Å². The second-order valence-electron chi connectivity index (χ2n) is 4.62. The lowest BCUT2D eigenvalue weighted by Crippen LogP contribution is -2.31. The Kier molecular flexibility index (Phi) is 4.74. The number of aliphatic hydroxyl groups is 1. The number of hydrogen-bond acceptors (Lipinski definition) is 2. The molecule has 2 nitrogen and oxygen atoms in total. The lowest BCUT2D eigenvalue weighted by Gasteiger charge is -2.32. The summed E-state index contributed by atoms with van der Waals surface area (Å²) in [6.07, 6.45) is 5.52. The first-order chi connectivity index (χ1) is 6.22. The summed E-state index contributed by atoms with van der Waals surface area (Å²) < 4.78 is 0. The first kappa shape index (κ1) is 11.0. The van der Waals surface area contributed by atoms with Gasteiger partial charge in [0.25, 0.3) is 0 Å². The van der Waals surface area contributed by atoms with Gasteiger partial charge < -0.3 is 10.4 Å². The maximum atomic E-state index is 8.77. The maximum absolute atomic E-state index is 8.77. The van der Waals surface area contributed by atoms with Gasteiger partial charge in [0, 0.05) is 6.04 Å². The van der Waals surface area contributed by atoms with Gasteiger partial charge in [-0.1, -0.05) is 6.92 Å². The zero-order valence-electron chi connectivity index (χ0n) is 8.92. The van der Waals surface area contributed by atoms with E-state index in [1.54, 1.807) is 0 Å². The number of rotatable bonds is 6. The second kappa shape index (κ2) is 5.61. The molecule has 0 saturated heterocycles. The topological polar surface area (TPSA) is 32.3 Å². The van der Waals surface area contributed by atoms with Crippen molar-refractivity contribution in [3.05, 3.63) is 0 Å². The van der Waals surface area contributed by atoms with Crippen molar-refractivity contribution in [3.63, 3.8) is 0 Å². The summed E-state index contributed by atoms with van der Waals surface area (Å²) in [5, 5.41) is 12.1. The molecule has 2 N–H and O–H groups in total. The fourth-order valence-electron chi connectivity index (χ4n) is 2.11. The van der Waals surface area contributed by atoms with Gasteiger partial charge in [0.05, 0.1) is 6.61 Å². The molecule has 1 saturated carbocycles. The van der Waals surface area contributed by atoms with Crippen molar-refractivity contribution in [1.82, 2.24) is 5.32 Å². The Balaban J connectivity index is 1.84. The SMILES string of the molecule is CC1CC(CCCNC(C)CO)C1. The Morgan fingerprint density at radius 2 is 2.15 bits per heavy atom. The molecule has 0 aliphatic heterocycles. The van der Waals surface area contributed by atoms with Crippen molar-refractivity contribution in [1.29, 1.82) is 0 Å². The monoisotopic (exact) mass is 185 g/mol. The molecule has 0 spiro atoms. The van der Waals surface area contributed by atoms with Crippen LogP contribution >= 0.6 is 0 Å². The maximum Gasteiger partial charge on any atom is 0.0581 e. The summed E-state index contributed by atoms with van der Waals surface area (Å²) in [6, 6.07) is 0.264. The molecule has 0 radical (unpaired) electrons. The largest absolute Gasteiger partial charge is 0.395 e. The molecule has 0 aromatic carbocycles. The van der Waals surface area contributed by atoms with E-state index in [-0.39, 0.29) is 12.6 Å². The highest BCUT2D eigenvalue weighted by atomic mass is 16.3. The van der Waals surface area contributed by atoms with E-state index < -0.39 is 0 Å². The van der Waals surface area contributed by atoms with Crippen LogP contribution in [0.5, 0.6) is 0 Å². The highest BCUT2D eigenvalue weighted by molar-refractivity contribution is 4.76. The molecule has 13 heavy (non-hydrogen) atoms. The quantitative estimate of drug-likeness (QED) is 0.618. The van der Waals surface area contributed by atoms with Gasteiger partial charge in [0.2, 0.25) is 0 Å². The third kappa shape index (κ3) is 4.10. The van der Waals surface area contributed by atoms with E-state index in [1.807, 2.05) is 6.92 Å². The predicted octanol–water partition coefficient (Wildman–Crippen LogP) is 1.78. The molecule has 0 amide bonds. The molecule has 1 fully saturated rings. The van der Waals surface area contributed by atoms with Crippen LogP contribution in [0.2, 0.25) is 0 Å². The van der Waals surface area contributed by atoms with E-state index in [4.69, 9.17) is 5.11 Å². The molecule has 1 aliphatic carbocycles. The number of hydrogen-bond donors (Lipinski definition) is 2. The summed E-state index contributed by atoms with van der Waals surface area (Å²) >= 11 is 0. The Morgan fingerprint density at radius 1 is 1.46 bits per heavy atom. The molecule has 0 aromatic rings. The fourth-order valence-corrected chi connectivity index (χ4v) is 2.11. The van der Waals surface area contributed by atoms with E-state index in [1.165, 1.54) is 25.7 Å². The van der Waals surface area contributed by atoms with Crippen LogP contribution in [0.3, 0.4) is 0 Å². The van der Waals surface area contributed by atoms with Gasteiger partial charge in [-0.25, -0.2) is 0 Å². The zero-order chi connectivity index (χ0) is 9.68. The third-order valence-corrected chi connectivity index (χ3v) is 3.03. The normalized spacial score (nSPS) is 29.8. The Bertz CT molecular complexity index is 132. The molecule has 0 heterocycles. The summed E-state index contributed by atoms with van der Waals surface area (Å²) in [7, 11) is 0. The van der Waals surface area contributed by atoms with E-state index in [0.29, 0.717) is 0 Å². The van der Waals surface area contributed by atoms with Gasteiger partial charge in [0.15, 0.2) is 0 Å². The minimum Gasteiger partial charge on any atom is -0.395 e. The lowest BCUT2D eigenvalue weighted by molar-refractivity contribution is 0.193. The second-order valence-corrected chi connectivity index (χ2v) is 4.62. The molecular weight excluding hydrogens is 162 g/mol. The van der Waals surface area contributed by atoms with Crippen LogP contribution in [0.25, 0.3) is 0 Å². The average Bonchev–Trinajstić information content (AvgIpc) is 2.08. The van der Waals surface area contributed by atoms with Crippen LogP contribution in [0, 0.1) is 11.8 Å². The summed E-state index contributed by atoms with van der Waals surface area (Å²) in [6.45, 7) is 5.67. The first-order valence-electron chi connectivity index (χ1n) is 5.56. The minimum atomic E-state index is 0.250.